The molecule has 0 atom stereocenters. The molecule has 0 bridgehead atoms. The van der Waals surface area contributed by atoms with E-state index in [-0.39, 0.29) is 30.9 Å². The van der Waals surface area contributed by atoms with Crippen molar-refractivity contribution in [3.05, 3.63) is 23.3 Å². The number of hydrogen-bond donors (Lipinski definition) is 0. The summed E-state index contributed by atoms with van der Waals surface area (Å²) in [5.74, 6) is 0.0693. The Hall–Kier alpha value is -2.16. The zero-order valence-electron chi connectivity index (χ0n) is 12.2. The standard InChI is InChI=1S/C13H15F2N5O2/c1-7-3-8(2)20-13(16-7)17-11(18-20)12(21)19-4-9(5-19)22-6-10(14)15/h3,9-10H,4-6H2,1-2H3. The van der Waals surface area contributed by atoms with Crippen molar-refractivity contribution in [3.8, 4) is 0 Å². The van der Waals surface area contributed by atoms with Crippen LogP contribution in [0.25, 0.3) is 5.78 Å². The van der Waals surface area contributed by atoms with Crippen LogP contribution in [0.5, 0.6) is 0 Å². The third-order valence-electron chi connectivity index (χ3n) is 3.40. The molecule has 0 spiro atoms. The lowest BCUT2D eigenvalue weighted by Crippen LogP contribution is -2.55. The zero-order chi connectivity index (χ0) is 15.9. The van der Waals surface area contributed by atoms with Crippen LogP contribution in [0.3, 0.4) is 0 Å². The van der Waals surface area contributed by atoms with Gasteiger partial charge >= 0.3 is 0 Å². The molecule has 1 fully saturated rings. The molecule has 1 saturated heterocycles. The number of rotatable bonds is 4. The van der Waals surface area contributed by atoms with E-state index >= 15 is 0 Å². The first kappa shape index (κ1) is 14.8. The van der Waals surface area contributed by atoms with Crippen molar-refractivity contribution in [3.63, 3.8) is 0 Å². The fraction of sp³-hybridized carbons (Fsp3) is 0.538. The van der Waals surface area contributed by atoms with Gasteiger partial charge in [0.05, 0.1) is 6.10 Å². The number of ether oxygens (including phenoxy) is 1. The maximum absolute atomic E-state index is 12.2. The average molecular weight is 311 g/mol. The molecule has 0 N–H and O–H groups in total. The Balaban J connectivity index is 1.68. The molecule has 0 saturated carbocycles. The van der Waals surface area contributed by atoms with Gasteiger partial charge in [-0.3, -0.25) is 4.79 Å². The van der Waals surface area contributed by atoms with Crippen molar-refractivity contribution >= 4 is 11.7 Å². The number of likely N-dealkylation sites (tertiary alicyclic amines) is 1. The monoisotopic (exact) mass is 311 g/mol. The fourth-order valence-electron chi connectivity index (χ4n) is 2.32. The Morgan fingerprint density at radius 1 is 1.41 bits per heavy atom. The molecule has 9 heteroatoms. The van der Waals surface area contributed by atoms with E-state index in [0.29, 0.717) is 5.78 Å². The predicted octanol–water partition coefficient (Wildman–Crippen LogP) is 0.847. The molecular formula is C13H15F2N5O2. The molecule has 0 aliphatic carbocycles. The zero-order valence-corrected chi connectivity index (χ0v) is 12.2. The van der Waals surface area contributed by atoms with Crippen LogP contribution in [0.2, 0.25) is 0 Å². The average Bonchev–Trinajstić information content (AvgIpc) is 2.80. The Kier molecular flexibility index (Phi) is 3.73. The molecule has 1 aliphatic rings. The lowest BCUT2D eigenvalue weighted by atomic mass is 10.1. The van der Waals surface area contributed by atoms with Crippen LogP contribution < -0.4 is 0 Å². The Bertz CT molecular complexity index is 712. The molecule has 1 amide bonds. The maximum Gasteiger partial charge on any atom is 0.293 e. The molecular weight excluding hydrogens is 296 g/mol. The van der Waals surface area contributed by atoms with Gasteiger partial charge in [-0.15, -0.1) is 5.10 Å². The summed E-state index contributed by atoms with van der Waals surface area (Å²) in [6, 6.07) is 1.84. The number of aryl methyl sites for hydroxylation is 2. The molecule has 3 heterocycles. The Morgan fingerprint density at radius 3 is 2.82 bits per heavy atom. The van der Waals surface area contributed by atoms with Crippen molar-refractivity contribution in [1.82, 2.24) is 24.5 Å². The minimum atomic E-state index is -2.50. The molecule has 7 nitrogen and oxygen atoms in total. The largest absolute Gasteiger partial charge is 0.369 e. The van der Waals surface area contributed by atoms with E-state index in [1.807, 2.05) is 19.9 Å². The molecule has 2 aromatic heterocycles. The Labute approximate surface area is 124 Å². The van der Waals surface area contributed by atoms with Gasteiger partial charge in [0.1, 0.15) is 6.61 Å². The molecule has 22 heavy (non-hydrogen) atoms. The number of carbonyl (C=O) groups excluding carboxylic acids is 1. The van der Waals surface area contributed by atoms with Gasteiger partial charge in [-0.25, -0.2) is 18.3 Å². The third-order valence-corrected chi connectivity index (χ3v) is 3.40. The van der Waals surface area contributed by atoms with E-state index in [1.165, 1.54) is 9.42 Å². The van der Waals surface area contributed by atoms with Crippen molar-refractivity contribution < 1.29 is 18.3 Å². The second-order valence-corrected chi connectivity index (χ2v) is 5.24. The summed E-state index contributed by atoms with van der Waals surface area (Å²) in [5, 5.41) is 4.15. The van der Waals surface area contributed by atoms with Crippen molar-refractivity contribution in [2.45, 2.75) is 26.4 Å². The first-order valence-electron chi connectivity index (χ1n) is 6.84. The first-order chi connectivity index (χ1) is 10.4. The molecule has 118 valence electrons. The van der Waals surface area contributed by atoms with Gasteiger partial charge < -0.3 is 9.64 Å². The van der Waals surface area contributed by atoms with Crippen molar-refractivity contribution in [1.29, 1.82) is 0 Å². The summed E-state index contributed by atoms with van der Waals surface area (Å²) >= 11 is 0. The van der Waals surface area contributed by atoms with Gasteiger partial charge in [0, 0.05) is 24.5 Å². The van der Waals surface area contributed by atoms with Crippen LogP contribution in [0.4, 0.5) is 8.78 Å². The number of hydrogen-bond acceptors (Lipinski definition) is 5. The number of fused-ring (bicyclic) bond motifs is 1. The summed E-state index contributed by atoms with van der Waals surface area (Å²) in [4.78, 5) is 22.0. The number of halogens is 2. The van der Waals surface area contributed by atoms with Gasteiger partial charge in [0.2, 0.25) is 5.82 Å². The highest BCUT2D eigenvalue weighted by molar-refractivity contribution is 5.91. The maximum atomic E-state index is 12.2. The molecule has 0 radical (unpaired) electrons. The van der Waals surface area contributed by atoms with Crippen LogP contribution in [0, 0.1) is 13.8 Å². The quantitative estimate of drug-likeness (QED) is 0.837. The highest BCUT2D eigenvalue weighted by Crippen LogP contribution is 2.16. The Morgan fingerprint density at radius 2 is 2.14 bits per heavy atom. The van der Waals surface area contributed by atoms with E-state index in [1.54, 1.807) is 0 Å². The number of aromatic nitrogens is 4. The number of nitrogens with zero attached hydrogens (tertiary/aromatic N) is 5. The second-order valence-electron chi connectivity index (χ2n) is 5.24. The lowest BCUT2D eigenvalue weighted by molar-refractivity contribution is -0.0778. The SMILES string of the molecule is Cc1cc(C)n2nc(C(=O)N3CC(OCC(F)F)C3)nc2n1. The summed E-state index contributed by atoms with van der Waals surface area (Å²) < 4.78 is 30.5. The summed E-state index contributed by atoms with van der Waals surface area (Å²) in [6.45, 7) is 3.62. The van der Waals surface area contributed by atoms with Crippen LogP contribution in [0.1, 0.15) is 22.0 Å². The second kappa shape index (κ2) is 5.56. The van der Waals surface area contributed by atoms with Gasteiger partial charge in [-0.1, -0.05) is 0 Å². The number of carbonyl (C=O) groups is 1. The lowest BCUT2D eigenvalue weighted by Gasteiger charge is -2.38. The van der Waals surface area contributed by atoms with Crippen molar-refractivity contribution in [2.24, 2.45) is 0 Å². The van der Waals surface area contributed by atoms with Crippen molar-refractivity contribution in [2.75, 3.05) is 19.7 Å². The van der Waals surface area contributed by atoms with E-state index in [4.69, 9.17) is 4.74 Å². The third kappa shape index (κ3) is 2.76. The molecule has 0 unspecified atom stereocenters. The van der Waals surface area contributed by atoms with E-state index in [2.05, 4.69) is 15.1 Å². The number of amides is 1. The van der Waals surface area contributed by atoms with Crippen LogP contribution >= 0.6 is 0 Å². The topological polar surface area (TPSA) is 72.6 Å². The highest BCUT2D eigenvalue weighted by atomic mass is 19.3. The number of alkyl halides is 2. The van der Waals surface area contributed by atoms with Crippen LogP contribution in [-0.2, 0) is 4.74 Å². The van der Waals surface area contributed by atoms with Gasteiger partial charge in [-0.2, -0.15) is 4.98 Å². The smallest absolute Gasteiger partial charge is 0.293 e. The van der Waals surface area contributed by atoms with Gasteiger partial charge in [0.25, 0.3) is 18.1 Å². The van der Waals surface area contributed by atoms with Gasteiger partial charge in [0.15, 0.2) is 0 Å². The van der Waals surface area contributed by atoms with E-state index in [9.17, 15) is 13.6 Å². The van der Waals surface area contributed by atoms with Crippen LogP contribution in [-0.4, -0.2) is 62.6 Å². The van der Waals surface area contributed by atoms with Gasteiger partial charge in [-0.05, 0) is 19.9 Å². The fourth-order valence-corrected chi connectivity index (χ4v) is 2.32. The van der Waals surface area contributed by atoms with E-state index < -0.39 is 13.0 Å². The minimum Gasteiger partial charge on any atom is -0.369 e. The minimum absolute atomic E-state index is 0.0495. The highest BCUT2D eigenvalue weighted by Gasteiger charge is 2.34. The summed E-state index contributed by atoms with van der Waals surface area (Å²) in [5.41, 5.74) is 1.62. The molecule has 0 aromatic carbocycles. The predicted molar refractivity (Wildman–Crippen MR) is 71.9 cm³/mol. The normalized spacial score (nSPS) is 15.6. The summed E-state index contributed by atoms with van der Waals surface area (Å²) in [7, 11) is 0. The van der Waals surface area contributed by atoms with E-state index in [0.717, 1.165) is 11.4 Å². The summed E-state index contributed by atoms with van der Waals surface area (Å²) in [6.07, 6.45) is -2.85. The molecule has 3 rings (SSSR count). The first-order valence-corrected chi connectivity index (χ1v) is 6.84. The van der Waals surface area contributed by atoms with Crippen LogP contribution in [0.15, 0.2) is 6.07 Å². The molecule has 1 aliphatic heterocycles. The molecule has 2 aromatic rings.